The van der Waals surface area contributed by atoms with E-state index in [1.165, 1.54) is 25.7 Å². The second-order valence-corrected chi connectivity index (χ2v) is 4.85. The molecule has 0 bridgehead atoms. The molecule has 0 aromatic carbocycles. The van der Waals surface area contributed by atoms with Gasteiger partial charge in [-0.2, -0.15) is 0 Å². The molecule has 1 aromatic rings. The van der Waals surface area contributed by atoms with Gasteiger partial charge >= 0.3 is 0 Å². The van der Waals surface area contributed by atoms with Gasteiger partial charge in [0, 0.05) is 12.4 Å². The van der Waals surface area contributed by atoms with Crippen molar-refractivity contribution >= 4 is 0 Å². The van der Waals surface area contributed by atoms with E-state index in [9.17, 15) is 0 Å². The number of hydrogen-bond donors (Lipinski definition) is 1. The standard InChI is InChI=1S/C13H21N3O/c1-3-13(6-4-5-7-13)11(14)10-12(17-2)16-9-8-15-10/h8-9,11H,3-7,14H2,1-2H3. The lowest BCUT2D eigenvalue weighted by Gasteiger charge is -2.34. The van der Waals surface area contributed by atoms with Crippen molar-refractivity contribution in [3.05, 3.63) is 18.1 Å². The Morgan fingerprint density at radius 1 is 1.35 bits per heavy atom. The summed E-state index contributed by atoms with van der Waals surface area (Å²) in [5, 5.41) is 0. The minimum atomic E-state index is -0.0707. The Balaban J connectivity index is 2.32. The van der Waals surface area contributed by atoms with Crippen LogP contribution in [-0.2, 0) is 0 Å². The molecule has 1 unspecified atom stereocenters. The molecule has 1 aliphatic rings. The van der Waals surface area contributed by atoms with Crippen LogP contribution in [0.15, 0.2) is 12.4 Å². The fourth-order valence-electron chi connectivity index (χ4n) is 2.96. The molecule has 0 spiro atoms. The normalized spacial score (nSPS) is 20.2. The van der Waals surface area contributed by atoms with E-state index in [2.05, 4.69) is 16.9 Å². The van der Waals surface area contributed by atoms with Gasteiger partial charge < -0.3 is 10.5 Å². The molecular formula is C13H21N3O. The van der Waals surface area contributed by atoms with Crippen LogP contribution < -0.4 is 10.5 Å². The molecule has 4 heteroatoms. The van der Waals surface area contributed by atoms with E-state index < -0.39 is 0 Å². The predicted octanol–water partition coefficient (Wildman–Crippen LogP) is 2.46. The van der Waals surface area contributed by atoms with E-state index in [4.69, 9.17) is 10.5 Å². The summed E-state index contributed by atoms with van der Waals surface area (Å²) in [6, 6.07) is -0.0707. The van der Waals surface area contributed by atoms with Gasteiger partial charge in [0.25, 0.3) is 0 Å². The van der Waals surface area contributed by atoms with Crippen LogP contribution in [0.5, 0.6) is 5.88 Å². The van der Waals surface area contributed by atoms with Crippen LogP contribution in [-0.4, -0.2) is 17.1 Å². The second kappa shape index (κ2) is 5.00. The number of hydrogen-bond acceptors (Lipinski definition) is 4. The first-order valence-electron chi connectivity index (χ1n) is 6.34. The van der Waals surface area contributed by atoms with Crippen molar-refractivity contribution in [2.24, 2.45) is 11.1 Å². The first kappa shape index (κ1) is 12.3. The summed E-state index contributed by atoms with van der Waals surface area (Å²) in [6.45, 7) is 2.22. The number of nitrogens with zero attached hydrogens (tertiary/aromatic N) is 2. The van der Waals surface area contributed by atoms with Crippen LogP contribution in [0.2, 0.25) is 0 Å². The van der Waals surface area contributed by atoms with Gasteiger partial charge in [0.05, 0.1) is 13.2 Å². The van der Waals surface area contributed by atoms with E-state index in [1.54, 1.807) is 19.5 Å². The number of ether oxygens (including phenoxy) is 1. The van der Waals surface area contributed by atoms with Gasteiger partial charge in [0.15, 0.2) is 0 Å². The largest absolute Gasteiger partial charge is 0.480 e. The Bertz CT molecular complexity index is 375. The van der Waals surface area contributed by atoms with Crippen molar-refractivity contribution in [3.63, 3.8) is 0 Å². The third kappa shape index (κ3) is 2.14. The van der Waals surface area contributed by atoms with E-state index in [-0.39, 0.29) is 11.5 Å². The number of nitrogens with two attached hydrogens (primary N) is 1. The fraction of sp³-hybridized carbons (Fsp3) is 0.692. The zero-order chi connectivity index (χ0) is 12.3. The summed E-state index contributed by atoms with van der Waals surface area (Å²) >= 11 is 0. The number of aromatic nitrogens is 2. The zero-order valence-corrected chi connectivity index (χ0v) is 10.6. The molecule has 17 heavy (non-hydrogen) atoms. The molecular weight excluding hydrogens is 214 g/mol. The molecule has 0 saturated heterocycles. The van der Waals surface area contributed by atoms with Gasteiger partial charge in [0.1, 0.15) is 5.69 Å². The van der Waals surface area contributed by atoms with Crippen LogP contribution in [0, 0.1) is 5.41 Å². The van der Waals surface area contributed by atoms with Crippen molar-refractivity contribution in [2.45, 2.75) is 45.1 Å². The van der Waals surface area contributed by atoms with Gasteiger partial charge in [0.2, 0.25) is 5.88 Å². The quantitative estimate of drug-likeness (QED) is 0.870. The van der Waals surface area contributed by atoms with E-state index in [1.807, 2.05) is 0 Å². The smallest absolute Gasteiger partial charge is 0.237 e. The first-order chi connectivity index (χ1) is 8.23. The van der Waals surface area contributed by atoms with Crippen molar-refractivity contribution in [3.8, 4) is 5.88 Å². The van der Waals surface area contributed by atoms with Crippen molar-refractivity contribution < 1.29 is 4.74 Å². The minimum absolute atomic E-state index is 0.0707. The van der Waals surface area contributed by atoms with E-state index in [0.717, 1.165) is 12.1 Å². The molecule has 2 rings (SSSR count). The number of rotatable bonds is 4. The molecule has 1 saturated carbocycles. The maximum absolute atomic E-state index is 6.44. The maximum atomic E-state index is 6.44. The lowest BCUT2D eigenvalue weighted by atomic mass is 9.75. The fourth-order valence-corrected chi connectivity index (χ4v) is 2.96. The Kier molecular flexibility index (Phi) is 3.62. The summed E-state index contributed by atoms with van der Waals surface area (Å²) in [5.41, 5.74) is 7.43. The van der Waals surface area contributed by atoms with Crippen LogP contribution in [0.1, 0.15) is 50.8 Å². The summed E-state index contributed by atoms with van der Waals surface area (Å²) in [5.74, 6) is 0.569. The van der Waals surface area contributed by atoms with Gasteiger partial charge in [-0.15, -0.1) is 0 Å². The van der Waals surface area contributed by atoms with Crippen LogP contribution in [0.25, 0.3) is 0 Å². The summed E-state index contributed by atoms with van der Waals surface area (Å²) in [7, 11) is 1.62. The molecule has 2 N–H and O–H groups in total. The van der Waals surface area contributed by atoms with Gasteiger partial charge in [-0.3, -0.25) is 4.98 Å². The predicted molar refractivity (Wildman–Crippen MR) is 66.7 cm³/mol. The van der Waals surface area contributed by atoms with E-state index >= 15 is 0 Å². The summed E-state index contributed by atoms with van der Waals surface area (Å²) in [6.07, 6.45) is 9.33. The lowest BCUT2D eigenvalue weighted by Crippen LogP contribution is -2.32. The monoisotopic (exact) mass is 235 g/mol. The molecule has 0 amide bonds. The Labute approximate surface area is 103 Å². The van der Waals surface area contributed by atoms with Gasteiger partial charge in [-0.05, 0) is 24.7 Å². The topological polar surface area (TPSA) is 61.0 Å². The van der Waals surface area contributed by atoms with Crippen LogP contribution in [0.3, 0.4) is 0 Å². The van der Waals surface area contributed by atoms with Crippen molar-refractivity contribution in [1.82, 2.24) is 9.97 Å². The van der Waals surface area contributed by atoms with Gasteiger partial charge in [-0.25, -0.2) is 4.98 Å². The molecule has 1 aliphatic carbocycles. The molecule has 1 fully saturated rings. The first-order valence-corrected chi connectivity index (χ1v) is 6.34. The molecule has 0 radical (unpaired) electrons. The molecule has 94 valence electrons. The molecule has 1 aromatic heterocycles. The third-order valence-electron chi connectivity index (χ3n) is 4.14. The van der Waals surface area contributed by atoms with Crippen molar-refractivity contribution in [1.29, 1.82) is 0 Å². The Morgan fingerprint density at radius 2 is 2.00 bits per heavy atom. The lowest BCUT2D eigenvalue weighted by molar-refractivity contribution is 0.213. The number of methoxy groups -OCH3 is 1. The van der Waals surface area contributed by atoms with Gasteiger partial charge in [-0.1, -0.05) is 19.8 Å². The highest BCUT2D eigenvalue weighted by atomic mass is 16.5. The maximum Gasteiger partial charge on any atom is 0.237 e. The van der Waals surface area contributed by atoms with Crippen LogP contribution in [0.4, 0.5) is 0 Å². The molecule has 1 atom stereocenters. The average Bonchev–Trinajstić information content (AvgIpc) is 2.88. The van der Waals surface area contributed by atoms with E-state index in [0.29, 0.717) is 5.88 Å². The van der Waals surface area contributed by atoms with Crippen molar-refractivity contribution in [2.75, 3.05) is 7.11 Å². The SMILES string of the molecule is CCC1(C(N)c2nccnc2OC)CCCC1. The summed E-state index contributed by atoms with van der Waals surface area (Å²) in [4.78, 5) is 8.56. The minimum Gasteiger partial charge on any atom is -0.480 e. The zero-order valence-electron chi connectivity index (χ0n) is 10.6. The Hall–Kier alpha value is -1.16. The highest BCUT2D eigenvalue weighted by molar-refractivity contribution is 5.23. The molecule has 1 heterocycles. The van der Waals surface area contributed by atoms with Crippen LogP contribution >= 0.6 is 0 Å². The highest BCUT2D eigenvalue weighted by Gasteiger charge is 2.40. The highest BCUT2D eigenvalue weighted by Crippen LogP contribution is 2.49. The second-order valence-electron chi connectivity index (χ2n) is 4.85. The average molecular weight is 235 g/mol. The third-order valence-corrected chi connectivity index (χ3v) is 4.14. The molecule has 4 nitrogen and oxygen atoms in total. The Morgan fingerprint density at radius 3 is 2.59 bits per heavy atom. The summed E-state index contributed by atoms with van der Waals surface area (Å²) < 4.78 is 5.26. The molecule has 0 aliphatic heterocycles.